The lowest BCUT2D eigenvalue weighted by Crippen LogP contribution is -2.53. The van der Waals surface area contributed by atoms with Gasteiger partial charge >= 0.3 is 0 Å². The molecule has 0 aromatic heterocycles. The van der Waals surface area contributed by atoms with Gasteiger partial charge in [-0.25, -0.2) is 0 Å². The number of nitrogens with one attached hydrogen (secondary N) is 1. The number of hydrogen-bond acceptors (Lipinski definition) is 3. The second kappa shape index (κ2) is 7.07. The average Bonchev–Trinajstić information content (AvgIpc) is 2.55. The van der Waals surface area contributed by atoms with E-state index in [0.29, 0.717) is 19.7 Å². The van der Waals surface area contributed by atoms with Crippen molar-refractivity contribution in [2.45, 2.75) is 59.1 Å². The van der Waals surface area contributed by atoms with Crippen LogP contribution in [0.3, 0.4) is 0 Å². The number of rotatable bonds is 4. The van der Waals surface area contributed by atoms with Crippen LogP contribution < -0.4 is 5.32 Å². The number of hydrogen-bond donors (Lipinski definition) is 1. The number of nitrogens with zero attached hydrogens (tertiary/aromatic N) is 1. The highest BCUT2D eigenvalue weighted by Crippen LogP contribution is 2.19. The molecule has 5 nitrogen and oxygen atoms in total. The lowest BCUT2D eigenvalue weighted by Gasteiger charge is -2.33. The molecule has 1 saturated heterocycles. The molecule has 2 atom stereocenters. The van der Waals surface area contributed by atoms with E-state index >= 15 is 0 Å². The molecule has 1 aliphatic heterocycles. The average molecular weight is 284 g/mol. The molecule has 0 bridgehead atoms. The fourth-order valence-corrected chi connectivity index (χ4v) is 2.48. The molecule has 1 aliphatic rings. The second-order valence-corrected chi connectivity index (χ2v) is 6.29. The van der Waals surface area contributed by atoms with E-state index in [9.17, 15) is 9.59 Å². The third-order valence-corrected chi connectivity index (χ3v) is 3.79. The van der Waals surface area contributed by atoms with Crippen LogP contribution in [0.1, 0.15) is 47.5 Å². The van der Waals surface area contributed by atoms with Crippen molar-refractivity contribution in [2.75, 3.05) is 19.7 Å². The first-order valence-electron chi connectivity index (χ1n) is 7.46. The summed E-state index contributed by atoms with van der Waals surface area (Å²) in [6, 6.07) is -0.439. The number of ether oxygens (including phenoxy) is 1. The Morgan fingerprint density at radius 1 is 1.40 bits per heavy atom. The van der Waals surface area contributed by atoms with Gasteiger partial charge in [0.25, 0.3) is 0 Å². The summed E-state index contributed by atoms with van der Waals surface area (Å²) in [6.07, 6.45) is 1.69. The fourth-order valence-electron chi connectivity index (χ4n) is 2.48. The predicted octanol–water partition coefficient (Wildman–Crippen LogP) is 1.56. The summed E-state index contributed by atoms with van der Waals surface area (Å²) in [5.74, 6) is -0.0270. The first-order valence-corrected chi connectivity index (χ1v) is 7.46. The van der Waals surface area contributed by atoms with Crippen LogP contribution in [0.15, 0.2) is 0 Å². The van der Waals surface area contributed by atoms with Crippen LogP contribution in [0.4, 0.5) is 0 Å². The monoisotopic (exact) mass is 284 g/mol. The molecule has 0 aromatic carbocycles. The summed E-state index contributed by atoms with van der Waals surface area (Å²) in [7, 11) is 0. The first-order chi connectivity index (χ1) is 9.26. The van der Waals surface area contributed by atoms with Gasteiger partial charge in [-0.05, 0) is 26.2 Å². The summed E-state index contributed by atoms with van der Waals surface area (Å²) in [6.45, 7) is 11.4. The molecule has 1 heterocycles. The zero-order chi connectivity index (χ0) is 15.3. The maximum atomic E-state index is 12.7. The van der Waals surface area contributed by atoms with E-state index in [0.717, 1.165) is 12.8 Å². The van der Waals surface area contributed by atoms with Gasteiger partial charge in [-0.15, -0.1) is 0 Å². The van der Waals surface area contributed by atoms with Crippen molar-refractivity contribution in [3.05, 3.63) is 0 Å². The Bertz CT molecular complexity index is 355. The van der Waals surface area contributed by atoms with E-state index < -0.39 is 6.04 Å². The molecule has 0 aromatic rings. The van der Waals surface area contributed by atoms with Crippen LogP contribution in [0.5, 0.6) is 0 Å². The minimum absolute atomic E-state index is 0.00752. The number of carbonyl (C=O) groups excluding carboxylic acids is 2. The van der Waals surface area contributed by atoms with Gasteiger partial charge in [-0.2, -0.15) is 0 Å². The van der Waals surface area contributed by atoms with Crippen molar-refractivity contribution in [1.82, 2.24) is 10.2 Å². The Kier molecular flexibility index (Phi) is 5.99. The van der Waals surface area contributed by atoms with Crippen LogP contribution in [-0.4, -0.2) is 48.1 Å². The van der Waals surface area contributed by atoms with E-state index in [4.69, 9.17) is 4.74 Å². The van der Waals surface area contributed by atoms with Crippen LogP contribution >= 0.6 is 0 Å². The number of amides is 2. The highest BCUT2D eigenvalue weighted by atomic mass is 16.5. The molecule has 0 saturated carbocycles. The Morgan fingerprint density at radius 3 is 2.60 bits per heavy atom. The van der Waals surface area contributed by atoms with Crippen molar-refractivity contribution >= 4 is 11.8 Å². The van der Waals surface area contributed by atoms with Gasteiger partial charge in [-0.1, -0.05) is 20.3 Å². The summed E-state index contributed by atoms with van der Waals surface area (Å²) >= 11 is 0. The smallest absolute Gasteiger partial charge is 0.245 e. The predicted molar refractivity (Wildman–Crippen MR) is 78.3 cm³/mol. The molecule has 116 valence electrons. The van der Waals surface area contributed by atoms with Crippen LogP contribution in [-0.2, 0) is 14.3 Å². The molecule has 1 fully saturated rings. The van der Waals surface area contributed by atoms with Crippen LogP contribution in [0.2, 0.25) is 0 Å². The summed E-state index contributed by atoms with van der Waals surface area (Å²) in [5, 5.41) is 2.80. The molecule has 20 heavy (non-hydrogen) atoms. The second-order valence-electron chi connectivity index (χ2n) is 6.29. The quantitative estimate of drug-likeness (QED) is 0.852. The standard InChI is InChI=1S/C15H28N2O3/c1-6-11(2)13(16-12(3)18)14(19)17-8-7-9-20-15(4,5)10-17/h11,13H,6-10H2,1-5H3,(H,16,18)/t11-,13-/m0/s1. The van der Waals surface area contributed by atoms with Gasteiger partial charge in [0, 0.05) is 26.6 Å². The van der Waals surface area contributed by atoms with Crippen molar-refractivity contribution < 1.29 is 14.3 Å². The summed E-state index contributed by atoms with van der Waals surface area (Å²) in [4.78, 5) is 25.9. The minimum atomic E-state index is -0.439. The summed E-state index contributed by atoms with van der Waals surface area (Å²) < 4.78 is 5.74. The van der Waals surface area contributed by atoms with E-state index in [1.807, 2.05) is 32.6 Å². The molecular formula is C15H28N2O3. The van der Waals surface area contributed by atoms with E-state index in [1.54, 1.807) is 0 Å². The van der Waals surface area contributed by atoms with Gasteiger partial charge in [0.2, 0.25) is 11.8 Å². The fraction of sp³-hybridized carbons (Fsp3) is 0.867. The van der Waals surface area contributed by atoms with Gasteiger partial charge in [0.05, 0.1) is 5.60 Å². The van der Waals surface area contributed by atoms with Crippen molar-refractivity contribution in [2.24, 2.45) is 5.92 Å². The third kappa shape index (κ3) is 4.78. The number of carbonyl (C=O) groups is 2. The van der Waals surface area contributed by atoms with E-state index in [-0.39, 0.29) is 23.3 Å². The van der Waals surface area contributed by atoms with Gasteiger partial charge in [-0.3, -0.25) is 9.59 Å². The highest BCUT2D eigenvalue weighted by Gasteiger charge is 2.34. The van der Waals surface area contributed by atoms with Crippen molar-refractivity contribution in [1.29, 1.82) is 0 Å². The first kappa shape index (κ1) is 17.0. The Hall–Kier alpha value is -1.10. The molecule has 0 unspecified atom stereocenters. The Labute approximate surface area is 122 Å². The molecular weight excluding hydrogens is 256 g/mol. The molecule has 1 N–H and O–H groups in total. The Morgan fingerprint density at radius 2 is 2.05 bits per heavy atom. The molecule has 0 aliphatic carbocycles. The van der Waals surface area contributed by atoms with Crippen LogP contribution in [0, 0.1) is 5.92 Å². The van der Waals surface area contributed by atoms with E-state index in [2.05, 4.69) is 5.32 Å². The van der Waals surface area contributed by atoms with E-state index in [1.165, 1.54) is 6.92 Å². The van der Waals surface area contributed by atoms with Crippen molar-refractivity contribution in [3.8, 4) is 0 Å². The topological polar surface area (TPSA) is 58.6 Å². The third-order valence-electron chi connectivity index (χ3n) is 3.79. The lowest BCUT2D eigenvalue weighted by atomic mass is 9.97. The lowest BCUT2D eigenvalue weighted by molar-refractivity contribution is -0.139. The zero-order valence-corrected chi connectivity index (χ0v) is 13.4. The van der Waals surface area contributed by atoms with Gasteiger partial charge in [0.1, 0.15) is 6.04 Å². The maximum absolute atomic E-state index is 12.7. The molecule has 2 amide bonds. The maximum Gasteiger partial charge on any atom is 0.245 e. The molecule has 1 rings (SSSR count). The van der Waals surface area contributed by atoms with Crippen LogP contribution in [0.25, 0.3) is 0 Å². The summed E-state index contributed by atoms with van der Waals surface area (Å²) in [5.41, 5.74) is -0.331. The molecule has 0 spiro atoms. The zero-order valence-electron chi connectivity index (χ0n) is 13.4. The highest BCUT2D eigenvalue weighted by molar-refractivity contribution is 5.87. The van der Waals surface area contributed by atoms with Crippen molar-refractivity contribution in [3.63, 3.8) is 0 Å². The Balaban J connectivity index is 2.84. The minimum Gasteiger partial charge on any atom is -0.374 e. The molecule has 5 heteroatoms. The normalized spacial score (nSPS) is 21.8. The van der Waals surface area contributed by atoms with Gasteiger partial charge < -0.3 is 15.0 Å². The molecule has 0 radical (unpaired) electrons. The SMILES string of the molecule is CC[C@H](C)[C@H](NC(C)=O)C(=O)N1CCCOC(C)(C)C1. The van der Waals surface area contributed by atoms with Gasteiger partial charge in [0.15, 0.2) is 0 Å². The largest absolute Gasteiger partial charge is 0.374 e.